The van der Waals surface area contributed by atoms with Crippen LogP contribution in [0.1, 0.15) is 27.1 Å². The first kappa shape index (κ1) is 16.3. The van der Waals surface area contributed by atoms with Gasteiger partial charge in [0.25, 0.3) is 0 Å². The first-order chi connectivity index (χ1) is 6.00. The molecule has 0 N–H and O–H groups in total. The van der Waals surface area contributed by atoms with Crippen LogP contribution in [0.15, 0.2) is 24.3 Å². The average Bonchev–Trinajstić information content (AvgIpc) is 1.79. The van der Waals surface area contributed by atoms with Crippen LogP contribution in [-0.2, 0) is 19.5 Å². The Morgan fingerprint density at radius 1 is 0.714 bits per heavy atom. The van der Waals surface area contributed by atoms with E-state index in [2.05, 4.69) is 24.3 Å². The van der Waals surface area contributed by atoms with Gasteiger partial charge in [0.1, 0.15) is 0 Å². The molecule has 6 heteroatoms. The maximum atomic E-state index is 9.75. The molecule has 1 radical (unpaired) electrons. The summed E-state index contributed by atoms with van der Waals surface area (Å²) >= 11 is 0. The van der Waals surface area contributed by atoms with Crippen LogP contribution in [0.25, 0.3) is 0 Å². The van der Waals surface area contributed by atoms with Gasteiger partial charge in [0.15, 0.2) is 0 Å². The molecule has 0 nitrogen and oxygen atoms in total. The number of hydrogen-bond acceptors (Lipinski definition) is 0. The molecule has 0 bridgehead atoms. The van der Waals surface area contributed by atoms with Crippen molar-refractivity contribution in [3.63, 3.8) is 0 Å². The van der Waals surface area contributed by atoms with Crippen LogP contribution in [0, 0.1) is 0 Å². The van der Waals surface area contributed by atoms with E-state index in [9.17, 15) is 17.3 Å². The van der Waals surface area contributed by atoms with E-state index in [0.717, 1.165) is 0 Å². The van der Waals surface area contributed by atoms with Crippen molar-refractivity contribution in [2.45, 2.75) is 25.7 Å². The number of allylic oxidation sites excluding steroid dienone is 4. The van der Waals surface area contributed by atoms with Crippen LogP contribution in [0.4, 0.5) is 17.3 Å². The minimum atomic E-state index is -6.00. The van der Waals surface area contributed by atoms with Gasteiger partial charge in [-0.2, -0.15) is 0 Å². The van der Waals surface area contributed by atoms with Gasteiger partial charge < -0.3 is 17.3 Å². The van der Waals surface area contributed by atoms with Gasteiger partial charge in [-0.25, -0.2) is 0 Å². The zero-order valence-electron chi connectivity index (χ0n) is 8.56. The number of rotatable bonds is 0. The maximum absolute atomic E-state index is 9.75. The molecule has 0 aromatic rings. The fourth-order valence-electron chi connectivity index (χ4n) is 0.856. The summed E-state index contributed by atoms with van der Waals surface area (Å²) in [5, 5.41) is 0. The Labute approximate surface area is 95.8 Å². The van der Waals surface area contributed by atoms with Crippen molar-refractivity contribution in [1.29, 1.82) is 0 Å². The standard InChI is InChI=1S/C8H12.BF4.Rh/c1-2-4-6-8-7-5-3-1;2-1(3,4)5;/h1-2,7-8H,3-6H2;;/q;-1;/p+1. The SMILES string of the molecule is C1=CCCC=CCC1.F[B-](F)(F)F.[H+].[Rh]. The molecule has 0 aliphatic heterocycles. The maximum Gasteiger partial charge on any atom is 1.00 e. The fourth-order valence-corrected chi connectivity index (χ4v) is 0.856. The van der Waals surface area contributed by atoms with Crippen molar-refractivity contribution in [3.05, 3.63) is 24.3 Å². The molecule has 0 saturated carbocycles. The van der Waals surface area contributed by atoms with E-state index in [1.165, 1.54) is 25.7 Å². The summed E-state index contributed by atoms with van der Waals surface area (Å²) in [4.78, 5) is 0. The average molecular weight is 299 g/mol. The molecule has 1 aliphatic rings. The predicted molar refractivity (Wildman–Crippen MR) is 48.0 cm³/mol. The van der Waals surface area contributed by atoms with Crippen molar-refractivity contribution >= 4 is 7.25 Å². The molecule has 0 saturated heterocycles. The molecule has 14 heavy (non-hydrogen) atoms. The molecule has 0 amide bonds. The molecular formula is C8H13BF4Rh. The van der Waals surface area contributed by atoms with E-state index in [0.29, 0.717) is 0 Å². The van der Waals surface area contributed by atoms with Crippen molar-refractivity contribution < 1.29 is 38.2 Å². The van der Waals surface area contributed by atoms with Gasteiger partial charge in [-0.05, 0) is 25.7 Å². The minimum absolute atomic E-state index is 0. The summed E-state index contributed by atoms with van der Waals surface area (Å²) in [6.07, 6.45) is 14.0. The largest absolute Gasteiger partial charge is 1.00 e. The van der Waals surface area contributed by atoms with E-state index >= 15 is 0 Å². The monoisotopic (exact) mass is 299 g/mol. The number of halogens is 4. The molecule has 1 rings (SSSR count). The van der Waals surface area contributed by atoms with E-state index in [1.807, 2.05) is 0 Å². The van der Waals surface area contributed by atoms with Gasteiger partial charge in [0.05, 0.1) is 0 Å². The molecule has 1 aliphatic carbocycles. The molecule has 85 valence electrons. The Balaban J connectivity index is -0.000000185. The Morgan fingerprint density at radius 2 is 0.857 bits per heavy atom. The van der Waals surface area contributed by atoms with Crippen LogP contribution < -0.4 is 0 Å². The van der Waals surface area contributed by atoms with Crippen molar-refractivity contribution in [2.24, 2.45) is 0 Å². The second kappa shape index (κ2) is 9.44. The van der Waals surface area contributed by atoms with Crippen molar-refractivity contribution in [2.75, 3.05) is 0 Å². The van der Waals surface area contributed by atoms with Crippen LogP contribution in [0.5, 0.6) is 0 Å². The van der Waals surface area contributed by atoms with Crippen molar-refractivity contribution in [1.82, 2.24) is 0 Å². The molecular weight excluding hydrogens is 286 g/mol. The van der Waals surface area contributed by atoms with Crippen LogP contribution in [0.2, 0.25) is 0 Å². The van der Waals surface area contributed by atoms with Gasteiger partial charge in [0.2, 0.25) is 0 Å². The third-order valence-corrected chi connectivity index (χ3v) is 1.33. The van der Waals surface area contributed by atoms with E-state index in [-0.39, 0.29) is 20.9 Å². The summed E-state index contributed by atoms with van der Waals surface area (Å²) in [5.41, 5.74) is 0. The predicted octanol–water partition coefficient (Wildman–Crippen LogP) is 4.08. The first-order valence-electron chi connectivity index (χ1n) is 4.17. The molecule has 0 unspecified atom stereocenters. The normalized spacial score (nSPS) is 15.7. The molecule has 0 heterocycles. The fraction of sp³-hybridized carbons (Fsp3) is 0.500. The van der Waals surface area contributed by atoms with Gasteiger partial charge in [-0.15, -0.1) is 0 Å². The smallest absolute Gasteiger partial charge is 0.418 e. The topological polar surface area (TPSA) is 0 Å². The molecule has 0 spiro atoms. The summed E-state index contributed by atoms with van der Waals surface area (Å²) in [5.74, 6) is 0. The van der Waals surface area contributed by atoms with Gasteiger partial charge in [-0.1, -0.05) is 24.3 Å². The van der Waals surface area contributed by atoms with Crippen LogP contribution in [-0.4, -0.2) is 7.25 Å². The van der Waals surface area contributed by atoms with E-state index in [4.69, 9.17) is 0 Å². The summed E-state index contributed by atoms with van der Waals surface area (Å²) in [7, 11) is -6.00. The van der Waals surface area contributed by atoms with E-state index in [1.54, 1.807) is 0 Å². The van der Waals surface area contributed by atoms with Crippen LogP contribution in [0.3, 0.4) is 0 Å². The Kier molecular flexibility index (Phi) is 11.0. The quantitative estimate of drug-likeness (QED) is 0.359. The second-order valence-corrected chi connectivity index (χ2v) is 2.59. The Bertz CT molecular complexity index is 150. The summed E-state index contributed by atoms with van der Waals surface area (Å²) in [6.45, 7) is 0. The molecule has 0 aromatic carbocycles. The first-order valence-corrected chi connectivity index (χ1v) is 4.17. The molecule has 0 atom stereocenters. The summed E-state index contributed by atoms with van der Waals surface area (Å²) < 4.78 is 39.0. The zero-order chi connectivity index (χ0) is 10.2. The van der Waals surface area contributed by atoms with Crippen LogP contribution >= 0.6 is 0 Å². The number of hydrogen-bond donors (Lipinski definition) is 0. The molecule has 0 aromatic heterocycles. The van der Waals surface area contributed by atoms with E-state index < -0.39 is 7.25 Å². The Hall–Kier alpha value is -0.112. The molecule has 0 fully saturated rings. The van der Waals surface area contributed by atoms with Gasteiger partial charge in [-0.3, -0.25) is 0 Å². The van der Waals surface area contributed by atoms with Gasteiger partial charge >= 0.3 is 8.68 Å². The van der Waals surface area contributed by atoms with Crippen molar-refractivity contribution in [3.8, 4) is 0 Å². The van der Waals surface area contributed by atoms with Gasteiger partial charge in [0, 0.05) is 19.5 Å². The third-order valence-electron chi connectivity index (χ3n) is 1.33. The second-order valence-electron chi connectivity index (χ2n) is 2.59. The third kappa shape index (κ3) is 22.7. The minimum Gasteiger partial charge on any atom is -0.418 e. The zero-order valence-corrected chi connectivity index (χ0v) is 9.20. The summed E-state index contributed by atoms with van der Waals surface area (Å²) in [6, 6.07) is 0. The Morgan fingerprint density at radius 3 is 1.00 bits per heavy atom.